The molecule has 1 atom stereocenters. The van der Waals surface area contributed by atoms with Gasteiger partial charge in [-0.2, -0.15) is 0 Å². The van der Waals surface area contributed by atoms with Crippen molar-refractivity contribution in [1.82, 2.24) is 24.2 Å². The summed E-state index contributed by atoms with van der Waals surface area (Å²) in [6.07, 6.45) is 10.9. The number of aromatic nitrogens is 5. The normalized spacial score (nSPS) is 19.1. The second-order valence-electron chi connectivity index (χ2n) is 6.17. The maximum atomic E-state index is 14.1. The minimum absolute atomic E-state index is 0.255. The maximum absolute atomic E-state index is 14.1. The number of fused-ring (bicyclic) bond motifs is 1. The van der Waals surface area contributed by atoms with Gasteiger partial charge in [0.15, 0.2) is 17.5 Å². The molecule has 1 unspecified atom stereocenters. The van der Waals surface area contributed by atoms with Gasteiger partial charge in [-0.05, 0) is 32.1 Å². The van der Waals surface area contributed by atoms with Crippen LogP contribution in [0.4, 0.5) is 4.39 Å². The zero-order valence-corrected chi connectivity index (χ0v) is 13.4. The lowest BCUT2D eigenvalue weighted by atomic mass is 10.0. The van der Waals surface area contributed by atoms with E-state index < -0.39 is 0 Å². The van der Waals surface area contributed by atoms with Crippen LogP contribution >= 0.6 is 0 Å². The summed E-state index contributed by atoms with van der Waals surface area (Å²) in [5.41, 5.74) is 4.38. The van der Waals surface area contributed by atoms with Crippen LogP contribution in [0.1, 0.15) is 18.4 Å². The summed E-state index contributed by atoms with van der Waals surface area (Å²) in [4.78, 5) is 12.7. The van der Waals surface area contributed by atoms with Gasteiger partial charge in [0.05, 0.1) is 24.0 Å². The Kier molecular flexibility index (Phi) is 3.23. The maximum Gasteiger partial charge on any atom is 0.161 e. The molecule has 0 bridgehead atoms. The van der Waals surface area contributed by atoms with Crippen LogP contribution in [0.25, 0.3) is 17.6 Å². The Bertz CT molecular complexity index is 925. The van der Waals surface area contributed by atoms with Crippen molar-refractivity contribution in [3.63, 3.8) is 0 Å². The van der Waals surface area contributed by atoms with Crippen LogP contribution in [0, 0.1) is 12.7 Å². The van der Waals surface area contributed by atoms with E-state index in [2.05, 4.69) is 33.4 Å². The van der Waals surface area contributed by atoms with Crippen molar-refractivity contribution in [3.8, 4) is 11.5 Å². The predicted octanol–water partition coefficient (Wildman–Crippen LogP) is 2.62. The molecule has 3 aromatic rings. The van der Waals surface area contributed by atoms with Gasteiger partial charge < -0.3 is 9.99 Å². The topological polar surface area (TPSA) is 60.6 Å². The molecule has 4 rings (SSSR count). The Labute approximate surface area is 138 Å². The third kappa shape index (κ3) is 2.38. The molecule has 0 saturated heterocycles. The molecule has 0 aliphatic carbocycles. The van der Waals surface area contributed by atoms with Crippen LogP contribution in [-0.4, -0.2) is 29.7 Å². The second kappa shape index (κ2) is 5.30. The zero-order chi connectivity index (χ0) is 16.7. The van der Waals surface area contributed by atoms with Crippen molar-refractivity contribution in [1.29, 1.82) is 0 Å². The molecule has 6 nitrogen and oxygen atoms in total. The van der Waals surface area contributed by atoms with E-state index in [9.17, 15) is 4.39 Å². The average Bonchev–Trinajstić information content (AvgIpc) is 3.15. The number of nitrogens with zero attached hydrogens (tertiary/aromatic N) is 5. The van der Waals surface area contributed by atoms with Crippen LogP contribution in [0.2, 0.25) is 0 Å². The van der Waals surface area contributed by atoms with Gasteiger partial charge in [-0.3, -0.25) is 0 Å². The summed E-state index contributed by atoms with van der Waals surface area (Å²) < 4.78 is 17.9. The van der Waals surface area contributed by atoms with E-state index in [0.29, 0.717) is 12.4 Å². The summed E-state index contributed by atoms with van der Waals surface area (Å²) in [6.45, 7) is 4.64. The molecule has 24 heavy (non-hydrogen) atoms. The third-order valence-electron chi connectivity index (χ3n) is 4.12. The number of aryl methyl sites for hydroxylation is 1. The van der Waals surface area contributed by atoms with Crippen LogP contribution in [0.5, 0.6) is 0 Å². The van der Waals surface area contributed by atoms with Gasteiger partial charge in [0.25, 0.3) is 0 Å². The van der Waals surface area contributed by atoms with Crippen molar-refractivity contribution in [2.75, 3.05) is 5.43 Å². The Morgan fingerprint density at radius 1 is 1.25 bits per heavy atom. The van der Waals surface area contributed by atoms with E-state index in [1.54, 1.807) is 18.5 Å². The van der Waals surface area contributed by atoms with Crippen molar-refractivity contribution in [2.45, 2.75) is 25.9 Å². The highest BCUT2D eigenvalue weighted by Gasteiger charge is 2.28. The molecular formula is C17H17FN6. The van der Waals surface area contributed by atoms with Gasteiger partial charge in [-0.1, -0.05) is 6.08 Å². The molecule has 7 heteroatoms. The van der Waals surface area contributed by atoms with Gasteiger partial charge in [0.2, 0.25) is 0 Å². The number of imidazole rings is 2. The second-order valence-corrected chi connectivity index (χ2v) is 6.17. The molecule has 122 valence electrons. The average molecular weight is 324 g/mol. The van der Waals surface area contributed by atoms with E-state index in [0.717, 1.165) is 11.5 Å². The molecule has 1 aliphatic rings. The SMILES string of the molecule is Cc1cnc2n1NC(C)(Cn1ccnc1-c1ncccc1F)C=C2. The molecule has 0 radical (unpaired) electrons. The Morgan fingerprint density at radius 2 is 2.12 bits per heavy atom. The number of hydrogen-bond acceptors (Lipinski definition) is 4. The Morgan fingerprint density at radius 3 is 2.96 bits per heavy atom. The lowest BCUT2D eigenvalue weighted by molar-refractivity contribution is 0.466. The molecule has 1 aliphatic heterocycles. The van der Waals surface area contributed by atoms with Crippen molar-refractivity contribution < 1.29 is 4.39 Å². The first-order valence-corrected chi connectivity index (χ1v) is 7.69. The molecule has 0 spiro atoms. The van der Waals surface area contributed by atoms with Crippen LogP contribution in [0.3, 0.4) is 0 Å². The fourth-order valence-electron chi connectivity index (χ4n) is 2.92. The molecule has 1 N–H and O–H groups in total. The van der Waals surface area contributed by atoms with E-state index in [-0.39, 0.29) is 17.1 Å². The van der Waals surface area contributed by atoms with Crippen LogP contribution < -0.4 is 5.43 Å². The number of pyridine rings is 1. The summed E-state index contributed by atoms with van der Waals surface area (Å²) in [5.74, 6) is 0.999. The molecule has 0 aromatic carbocycles. The monoisotopic (exact) mass is 324 g/mol. The van der Waals surface area contributed by atoms with Gasteiger partial charge in [0.1, 0.15) is 5.69 Å². The zero-order valence-electron chi connectivity index (χ0n) is 13.4. The fraction of sp³-hybridized carbons (Fsp3) is 0.235. The summed E-state index contributed by atoms with van der Waals surface area (Å²) in [6, 6.07) is 2.96. The smallest absolute Gasteiger partial charge is 0.161 e. The highest BCUT2D eigenvalue weighted by molar-refractivity contribution is 5.52. The summed E-state index contributed by atoms with van der Waals surface area (Å²) >= 11 is 0. The number of rotatable bonds is 3. The third-order valence-corrected chi connectivity index (χ3v) is 4.12. The van der Waals surface area contributed by atoms with Gasteiger partial charge in [0, 0.05) is 18.6 Å². The first-order chi connectivity index (χ1) is 11.6. The highest BCUT2D eigenvalue weighted by Crippen LogP contribution is 2.24. The van der Waals surface area contributed by atoms with Gasteiger partial charge in [-0.25, -0.2) is 24.0 Å². The standard InChI is InChI=1S/C17H17FN6/c1-12-10-21-14-5-6-17(2,22-24(12)14)11-23-9-8-20-16(23)15-13(18)4-3-7-19-15/h3-10,22H,11H2,1-2H3. The molecule has 0 amide bonds. The van der Waals surface area contributed by atoms with Gasteiger partial charge in [-0.15, -0.1) is 0 Å². The first-order valence-electron chi connectivity index (χ1n) is 7.69. The Hall–Kier alpha value is -2.96. The lowest BCUT2D eigenvalue weighted by Crippen LogP contribution is -2.45. The number of hydrogen-bond donors (Lipinski definition) is 1. The van der Waals surface area contributed by atoms with E-state index in [1.807, 2.05) is 34.6 Å². The lowest BCUT2D eigenvalue weighted by Gasteiger charge is -2.33. The quantitative estimate of drug-likeness (QED) is 0.804. The molecule has 0 fully saturated rings. The largest absolute Gasteiger partial charge is 0.327 e. The van der Waals surface area contributed by atoms with E-state index >= 15 is 0 Å². The summed E-state index contributed by atoms with van der Waals surface area (Å²) in [7, 11) is 0. The highest BCUT2D eigenvalue weighted by atomic mass is 19.1. The minimum Gasteiger partial charge on any atom is -0.327 e. The number of halogens is 1. The summed E-state index contributed by atoms with van der Waals surface area (Å²) in [5, 5.41) is 0. The molecule has 3 aromatic heterocycles. The molecule has 0 saturated carbocycles. The molecule has 4 heterocycles. The Balaban J connectivity index is 1.67. The van der Waals surface area contributed by atoms with Crippen LogP contribution in [-0.2, 0) is 6.54 Å². The van der Waals surface area contributed by atoms with Crippen molar-refractivity contribution in [2.24, 2.45) is 0 Å². The molecular weight excluding hydrogens is 307 g/mol. The van der Waals surface area contributed by atoms with Crippen LogP contribution in [0.15, 0.2) is 43.0 Å². The van der Waals surface area contributed by atoms with Crippen molar-refractivity contribution >= 4 is 6.08 Å². The predicted molar refractivity (Wildman–Crippen MR) is 89.2 cm³/mol. The van der Waals surface area contributed by atoms with Gasteiger partial charge >= 0.3 is 0 Å². The van der Waals surface area contributed by atoms with E-state index in [1.165, 1.54) is 6.07 Å². The number of nitrogens with one attached hydrogen (secondary N) is 1. The first kappa shape index (κ1) is 14.6. The fourth-order valence-corrected chi connectivity index (χ4v) is 2.92. The van der Waals surface area contributed by atoms with E-state index in [4.69, 9.17) is 0 Å². The van der Waals surface area contributed by atoms with Crippen molar-refractivity contribution in [3.05, 3.63) is 60.3 Å². The minimum atomic E-state index is -0.380.